The number of amides is 5. The zero-order valence-electron chi connectivity index (χ0n) is 17.4. The van der Waals surface area contributed by atoms with Gasteiger partial charge in [0.2, 0.25) is 11.8 Å². The van der Waals surface area contributed by atoms with Crippen molar-refractivity contribution in [1.29, 1.82) is 0 Å². The van der Waals surface area contributed by atoms with Crippen molar-refractivity contribution >= 4 is 52.4 Å². The van der Waals surface area contributed by atoms with E-state index in [0.29, 0.717) is 28.8 Å². The normalized spacial score (nSPS) is 18.4. The molecule has 2 aliphatic rings. The minimum absolute atomic E-state index is 0.0661. The van der Waals surface area contributed by atoms with Gasteiger partial charge >= 0.3 is 12.2 Å². The van der Waals surface area contributed by atoms with Gasteiger partial charge in [0.25, 0.3) is 5.91 Å². The van der Waals surface area contributed by atoms with Crippen LogP contribution < -0.4 is 16.0 Å². The number of urea groups is 1. The van der Waals surface area contributed by atoms with Crippen molar-refractivity contribution in [2.24, 2.45) is 0 Å². The number of nitrogens with zero attached hydrogens (tertiary/aromatic N) is 1. The largest absolute Gasteiger partial charge is 0.417 e. The Morgan fingerprint density at radius 2 is 2.03 bits per heavy atom. The number of alkyl halides is 3. The van der Waals surface area contributed by atoms with Gasteiger partial charge < -0.3 is 15.5 Å². The van der Waals surface area contributed by atoms with E-state index in [0.717, 1.165) is 18.2 Å². The van der Waals surface area contributed by atoms with Crippen molar-refractivity contribution in [1.82, 2.24) is 15.5 Å². The topological polar surface area (TPSA) is 108 Å². The minimum Gasteiger partial charge on any atom is -0.333 e. The van der Waals surface area contributed by atoms with E-state index >= 15 is 0 Å². The molecule has 180 valence electrons. The Bertz CT molecular complexity index is 1180. The molecule has 3 heterocycles. The second-order valence-corrected chi connectivity index (χ2v) is 9.18. The summed E-state index contributed by atoms with van der Waals surface area (Å²) in [5.74, 6) is -1.17. The maximum absolute atomic E-state index is 12.8. The molecule has 1 fully saturated rings. The van der Waals surface area contributed by atoms with Crippen LogP contribution in [0.3, 0.4) is 0 Å². The van der Waals surface area contributed by atoms with E-state index in [1.807, 2.05) is 0 Å². The molecule has 34 heavy (non-hydrogen) atoms. The zero-order chi connectivity index (χ0) is 24.6. The third-order valence-corrected chi connectivity index (χ3v) is 6.91. The molecule has 1 aromatic heterocycles. The molecule has 2 aromatic rings. The van der Waals surface area contributed by atoms with Crippen molar-refractivity contribution in [3.63, 3.8) is 0 Å². The molecule has 3 N–H and O–H groups in total. The van der Waals surface area contributed by atoms with Crippen LogP contribution in [0.2, 0.25) is 5.02 Å². The lowest BCUT2D eigenvalue weighted by molar-refractivity contribution is -0.137. The number of carbonyl (C=O) groups is 4. The highest BCUT2D eigenvalue weighted by Gasteiger charge is 2.39. The van der Waals surface area contributed by atoms with Crippen molar-refractivity contribution in [2.75, 3.05) is 5.32 Å². The third-order valence-electron chi connectivity index (χ3n) is 5.57. The summed E-state index contributed by atoms with van der Waals surface area (Å²) in [4.78, 5) is 51.1. The highest BCUT2D eigenvalue weighted by atomic mass is 35.5. The van der Waals surface area contributed by atoms with Gasteiger partial charge in [-0.25, -0.2) is 4.79 Å². The van der Waals surface area contributed by atoms with Gasteiger partial charge in [0.1, 0.15) is 6.04 Å². The Balaban J connectivity index is 1.38. The number of fused-ring (bicyclic) bond motifs is 1. The second-order valence-electron chi connectivity index (χ2n) is 7.80. The lowest BCUT2D eigenvalue weighted by Crippen LogP contribution is -2.47. The Labute approximate surface area is 200 Å². The summed E-state index contributed by atoms with van der Waals surface area (Å²) >= 11 is 6.94. The van der Waals surface area contributed by atoms with E-state index in [2.05, 4.69) is 16.0 Å². The Morgan fingerprint density at radius 1 is 1.26 bits per heavy atom. The smallest absolute Gasteiger partial charge is 0.333 e. The van der Waals surface area contributed by atoms with Crippen LogP contribution in [0.15, 0.2) is 23.6 Å². The number of benzene rings is 1. The predicted molar refractivity (Wildman–Crippen MR) is 117 cm³/mol. The van der Waals surface area contributed by atoms with Crippen molar-refractivity contribution in [3.05, 3.63) is 50.2 Å². The van der Waals surface area contributed by atoms with Gasteiger partial charge in [-0.05, 0) is 36.6 Å². The van der Waals surface area contributed by atoms with Crippen LogP contribution in [0.25, 0.3) is 0 Å². The molecular formula is C21H18ClF3N4O4S. The number of imide groups is 1. The lowest BCUT2D eigenvalue weighted by atomic mass is 10.1. The van der Waals surface area contributed by atoms with Gasteiger partial charge in [-0.3, -0.25) is 19.7 Å². The van der Waals surface area contributed by atoms with Crippen LogP contribution in [0.4, 0.5) is 23.7 Å². The first kappa shape index (κ1) is 24.0. The number of rotatable bonds is 4. The highest BCUT2D eigenvalue weighted by molar-refractivity contribution is 7.10. The number of anilines is 1. The first-order chi connectivity index (χ1) is 16.0. The van der Waals surface area contributed by atoms with Gasteiger partial charge in [-0.1, -0.05) is 11.6 Å². The summed E-state index contributed by atoms with van der Waals surface area (Å²) in [5, 5.41) is 8.43. The van der Waals surface area contributed by atoms with E-state index in [1.165, 1.54) is 16.2 Å². The van der Waals surface area contributed by atoms with E-state index in [1.54, 1.807) is 5.38 Å². The molecule has 13 heteroatoms. The molecule has 0 saturated carbocycles. The van der Waals surface area contributed by atoms with Crippen LogP contribution in [0.1, 0.15) is 45.6 Å². The molecule has 4 rings (SSSR count). The number of nitrogens with one attached hydrogen (secondary N) is 3. The molecule has 2 aliphatic heterocycles. The zero-order valence-corrected chi connectivity index (χ0v) is 19.0. The van der Waals surface area contributed by atoms with Crippen molar-refractivity contribution < 1.29 is 32.3 Å². The number of halogens is 4. The molecule has 0 bridgehead atoms. The summed E-state index contributed by atoms with van der Waals surface area (Å²) in [7, 11) is 0. The fourth-order valence-corrected chi connectivity index (χ4v) is 5.16. The molecule has 0 unspecified atom stereocenters. The third kappa shape index (κ3) is 4.87. The van der Waals surface area contributed by atoms with Crippen LogP contribution in [0.5, 0.6) is 0 Å². The fraction of sp³-hybridized carbons (Fsp3) is 0.333. The lowest BCUT2D eigenvalue weighted by Gasteiger charge is -2.25. The quantitative estimate of drug-likeness (QED) is 0.538. The van der Waals surface area contributed by atoms with Gasteiger partial charge in [0, 0.05) is 28.9 Å². The minimum atomic E-state index is -4.60. The van der Waals surface area contributed by atoms with Crippen molar-refractivity contribution in [3.8, 4) is 0 Å². The molecular weight excluding hydrogens is 497 g/mol. The summed E-state index contributed by atoms with van der Waals surface area (Å²) < 4.78 is 38.4. The molecule has 1 saturated heterocycles. The average Bonchev–Trinajstić information content (AvgIpc) is 3.23. The molecule has 1 atom stereocenters. The summed E-state index contributed by atoms with van der Waals surface area (Å²) in [6, 6.07) is 1.47. The van der Waals surface area contributed by atoms with Gasteiger partial charge in [0.15, 0.2) is 0 Å². The average molecular weight is 515 g/mol. The van der Waals surface area contributed by atoms with Crippen LogP contribution in [0, 0.1) is 0 Å². The maximum Gasteiger partial charge on any atom is 0.417 e. The molecule has 0 radical (unpaired) electrons. The first-order valence-electron chi connectivity index (χ1n) is 10.2. The monoisotopic (exact) mass is 514 g/mol. The first-order valence-corrected chi connectivity index (χ1v) is 11.5. The SMILES string of the molecule is O=C1CCC[C@H](N2Cc3c(csc3CNC(=O)Nc3ccc(C(F)(F)F)c(Cl)c3)C2=O)C(=O)N1. The number of hydrogen-bond acceptors (Lipinski definition) is 5. The van der Waals surface area contributed by atoms with E-state index in [-0.39, 0.29) is 37.0 Å². The second kappa shape index (κ2) is 9.26. The van der Waals surface area contributed by atoms with E-state index in [4.69, 9.17) is 11.6 Å². The Hall–Kier alpha value is -3.12. The summed E-state index contributed by atoms with van der Waals surface area (Å²) in [5.41, 5.74) is 0.216. The number of thiophene rings is 1. The standard InChI is InChI=1S/C21H18ClF3N4O4S/c22-14-6-10(4-5-13(14)21(23,24)25)27-20(33)26-7-16-11-8-29(19(32)12(11)9-34-16)15-2-1-3-17(30)28-18(15)31/h4-6,9,15H,1-3,7-8H2,(H2,26,27,33)(H,28,30,31)/t15-/m0/s1. The predicted octanol–water partition coefficient (Wildman–Crippen LogP) is 3.89. The molecule has 8 nitrogen and oxygen atoms in total. The van der Waals surface area contributed by atoms with Gasteiger partial charge in [-0.2, -0.15) is 13.2 Å². The number of hydrogen-bond donors (Lipinski definition) is 3. The maximum atomic E-state index is 12.8. The highest BCUT2D eigenvalue weighted by Crippen LogP contribution is 2.36. The molecule has 0 spiro atoms. The van der Waals surface area contributed by atoms with Crippen LogP contribution in [-0.2, 0) is 28.9 Å². The van der Waals surface area contributed by atoms with Gasteiger partial charge in [-0.15, -0.1) is 11.3 Å². The summed E-state index contributed by atoms with van der Waals surface area (Å²) in [6.45, 7) is 0.244. The molecule has 5 amide bonds. The fourth-order valence-electron chi connectivity index (χ4n) is 3.90. The molecule has 0 aliphatic carbocycles. The summed E-state index contributed by atoms with van der Waals surface area (Å²) in [6.07, 6.45) is -3.51. The van der Waals surface area contributed by atoms with E-state index in [9.17, 15) is 32.3 Å². The Morgan fingerprint density at radius 3 is 2.74 bits per heavy atom. The van der Waals surface area contributed by atoms with E-state index < -0.39 is 34.7 Å². The van der Waals surface area contributed by atoms with Crippen LogP contribution in [-0.4, -0.2) is 34.7 Å². The Kier molecular flexibility index (Phi) is 6.54. The van der Waals surface area contributed by atoms with Crippen molar-refractivity contribution in [2.45, 2.75) is 44.6 Å². The number of carbonyl (C=O) groups excluding carboxylic acids is 4. The molecule has 1 aromatic carbocycles. The van der Waals surface area contributed by atoms with Gasteiger partial charge in [0.05, 0.1) is 22.7 Å². The van der Waals surface area contributed by atoms with Crippen LogP contribution >= 0.6 is 22.9 Å².